The van der Waals surface area contributed by atoms with Crippen LogP contribution >= 0.6 is 0 Å². The van der Waals surface area contributed by atoms with Gasteiger partial charge in [-0.2, -0.15) is 0 Å². The predicted octanol–water partition coefficient (Wildman–Crippen LogP) is 2.77. The fourth-order valence-corrected chi connectivity index (χ4v) is 2.89. The van der Waals surface area contributed by atoms with E-state index < -0.39 is 17.5 Å². The lowest BCUT2D eigenvalue weighted by Crippen LogP contribution is -2.43. The summed E-state index contributed by atoms with van der Waals surface area (Å²) in [6.45, 7) is 3.49. The molecule has 2 aromatic rings. The first kappa shape index (κ1) is 17.5. The lowest BCUT2D eigenvalue weighted by molar-refractivity contribution is 0.0332. The number of ether oxygens (including phenoxy) is 1. The fraction of sp³-hybridized carbons (Fsp3) is 0.316. The standard InChI is InChI=1S/C19H20F2N2O2/c20-16-10-15(11-17(21)12-16)19(24)22-18(14-4-2-1-3-5-14)13-23-6-8-25-9-7-23/h1-5,10-12,18H,6-9,13H2,(H,22,24)/t18-/m0/s1. The Bertz CT molecular complexity index is 698. The van der Waals surface area contributed by atoms with Gasteiger partial charge in [0.05, 0.1) is 19.3 Å². The maximum atomic E-state index is 13.4. The molecule has 6 heteroatoms. The van der Waals surface area contributed by atoms with Crippen molar-refractivity contribution in [2.45, 2.75) is 6.04 Å². The summed E-state index contributed by atoms with van der Waals surface area (Å²) in [7, 11) is 0. The summed E-state index contributed by atoms with van der Waals surface area (Å²) >= 11 is 0. The van der Waals surface area contributed by atoms with E-state index in [0.717, 1.165) is 36.9 Å². The van der Waals surface area contributed by atoms with E-state index in [1.807, 2.05) is 30.3 Å². The molecule has 132 valence electrons. The second kappa shape index (κ2) is 8.18. The molecule has 0 unspecified atom stereocenters. The number of nitrogens with zero attached hydrogens (tertiary/aromatic N) is 1. The highest BCUT2D eigenvalue weighted by molar-refractivity contribution is 5.94. The molecule has 0 bridgehead atoms. The average Bonchev–Trinajstić information content (AvgIpc) is 2.62. The van der Waals surface area contributed by atoms with Gasteiger partial charge < -0.3 is 10.1 Å². The topological polar surface area (TPSA) is 41.6 Å². The van der Waals surface area contributed by atoms with Gasteiger partial charge in [0.15, 0.2) is 0 Å². The first-order valence-electron chi connectivity index (χ1n) is 8.24. The van der Waals surface area contributed by atoms with Crippen LogP contribution in [0.2, 0.25) is 0 Å². The molecule has 1 saturated heterocycles. The van der Waals surface area contributed by atoms with Gasteiger partial charge in [0.25, 0.3) is 5.91 Å². The van der Waals surface area contributed by atoms with Crippen LogP contribution in [0.25, 0.3) is 0 Å². The highest BCUT2D eigenvalue weighted by Gasteiger charge is 2.21. The van der Waals surface area contributed by atoms with E-state index in [9.17, 15) is 13.6 Å². The van der Waals surface area contributed by atoms with Gasteiger partial charge in [-0.25, -0.2) is 8.78 Å². The zero-order valence-corrected chi connectivity index (χ0v) is 13.8. The van der Waals surface area contributed by atoms with Crippen LogP contribution in [0.3, 0.4) is 0 Å². The minimum absolute atomic E-state index is 0.0274. The Balaban J connectivity index is 1.77. The van der Waals surface area contributed by atoms with E-state index in [0.29, 0.717) is 19.8 Å². The summed E-state index contributed by atoms with van der Waals surface area (Å²) in [5.74, 6) is -2.04. The number of carbonyl (C=O) groups is 1. The van der Waals surface area contributed by atoms with Gasteiger partial charge in [-0.15, -0.1) is 0 Å². The highest BCUT2D eigenvalue weighted by Crippen LogP contribution is 2.17. The Morgan fingerprint density at radius 1 is 1.08 bits per heavy atom. The monoisotopic (exact) mass is 346 g/mol. The zero-order valence-electron chi connectivity index (χ0n) is 13.8. The molecule has 1 fully saturated rings. The predicted molar refractivity (Wildman–Crippen MR) is 90.3 cm³/mol. The van der Waals surface area contributed by atoms with E-state index in [1.54, 1.807) is 0 Å². The molecule has 0 aliphatic carbocycles. The largest absolute Gasteiger partial charge is 0.379 e. The Hall–Kier alpha value is -2.31. The molecule has 25 heavy (non-hydrogen) atoms. The van der Waals surface area contributed by atoms with Crippen molar-refractivity contribution in [3.05, 3.63) is 71.3 Å². The molecule has 1 aliphatic heterocycles. The van der Waals surface area contributed by atoms with Gasteiger partial charge in [-0.3, -0.25) is 9.69 Å². The van der Waals surface area contributed by atoms with Crippen molar-refractivity contribution in [2.24, 2.45) is 0 Å². The Kier molecular flexibility index (Phi) is 5.73. The van der Waals surface area contributed by atoms with Crippen LogP contribution < -0.4 is 5.32 Å². The molecule has 0 aromatic heterocycles. The molecule has 3 rings (SSSR count). The molecule has 2 aromatic carbocycles. The van der Waals surface area contributed by atoms with Crippen LogP contribution in [0.1, 0.15) is 22.0 Å². The highest BCUT2D eigenvalue weighted by atomic mass is 19.1. The Morgan fingerprint density at radius 3 is 2.36 bits per heavy atom. The normalized spacial score (nSPS) is 16.4. The van der Waals surface area contributed by atoms with Crippen LogP contribution in [-0.4, -0.2) is 43.7 Å². The number of hydrogen-bond donors (Lipinski definition) is 1. The quantitative estimate of drug-likeness (QED) is 0.905. The molecule has 1 heterocycles. The average molecular weight is 346 g/mol. The van der Waals surface area contributed by atoms with Gasteiger partial charge >= 0.3 is 0 Å². The molecular weight excluding hydrogens is 326 g/mol. The van der Waals surface area contributed by atoms with E-state index in [2.05, 4.69) is 10.2 Å². The maximum absolute atomic E-state index is 13.4. The van der Waals surface area contributed by atoms with Crippen molar-refractivity contribution in [1.29, 1.82) is 0 Å². The number of benzene rings is 2. The smallest absolute Gasteiger partial charge is 0.252 e. The summed E-state index contributed by atoms with van der Waals surface area (Å²) in [4.78, 5) is 14.7. The third kappa shape index (κ3) is 4.84. The minimum Gasteiger partial charge on any atom is -0.379 e. The van der Waals surface area contributed by atoms with E-state index in [-0.39, 0.29) is 11.6 Å². The number of morpholine rings is 1. The lowest BCUT2D eigenvalue weighted by atomic mass is 10.1. The Labute approximate surface area is 145 Å². The number of carbonyl (C=O) groups excluding carboxylic acids is 1. The molecule has 0 spiro atoms. The van der Waals surface area contributed by atoms with Gasteiger partial charge in [0, 0.05) is 31.3 Å². The van der Waals surface area contributed by atoms with Crippen LogP contribution in [0.5, 0.6) is 0 Å². The Morgan fingerprint density at radius 2 is 1.72 bits per heavy atom. The zero-order chi connectivity index (χ0) is 17.6. The first-order chi connectivity index (χ1) is 12.1. The van der Waals surface area contributed by atoms with Gasteiger partial charge in [-0.1, -0.05) is 30.3 Å². The van der Waals surface area contributed by atoms with Crippen molar-refractivity contribution in [3.8, 4) is 0 Å². The molecule has 0 saturated carbocycles. The number of rotatable bonds is 5. The van der Waals surface area contributed by atoms with Crippen LogP contribution in [0, 0.1) is 11.6 Å². The third-order valence-electron chi connectivity index (χ3n) is 4.18. The van der Waals surface area contributed by atoms with Crippen LogP contribution in [0.15, 0.2) is 48.5 Å². The van der Waals surface area contributed by atoms with Crippen molar-refractivity contribution >= 4 is 5.91 Å². The van der Waals surface area contributed by atoms with Gasteiger partial charge in [0.1, 0.15) is 11.6 Å². The number of halogens is 2. The van der Waals surface area contributed by atoms with Crippen molar-refractivity contribution in [1.82, 2.24) is 10.2 Å². The molecule has 4 nitrogen and oxygen atoms in total. The molecule has 1 aliphatic rings. The van der Waals surface area contributed by atoms with Crippen LogP contribution in [-0.2, 0) is 4.74 Å². The van der Waals surface area contributed by atoms with E-state index >= 15 is 0 Å². The molecule has 0 radical (unpaired) electrons. The summed E-state index contributed by atoms with van der Waals surface area (Å²) in [6, 6.07) is 12.1. The number of nitrogens with one attached hydrogen (secondary N) is 1. The SMILES string of the molecule is O=C(N[C@@H](CN1CCOCC1)c1ccccc1)c1cc(F)cc(F)c1. The second-order valence-corrected chi connectivity index (χ2v) is 6.01. The van der Waals surface area contributed by atoms with E-state index in [1.165, 1.54) is 0 Å². The first-order valence-corrected chi connectivity index (χ1v) is 8.24. The fourth-order valence-electron chi connectivity index (χ4n) is 2.89. The molecule has 1 amide bonds. The summed E-state index contributed by atoms with van der Waals surface area (Å²) in [6.07, 6.45) is 0. The van der Waals surface area contributed by atoms with E-state index in [4.69, 9.17) is 4.74 Å². The summed E-state index contributed by atoms with van der Waals surface area (Å²) < 4.78 is 32.1. The minimum atomic E-state index is -0.769. The summed E-state index contributed by atoms with van der Waals surface area (Å²) in [5.41, 5.74) is 0.916. The van der Waals surface area contributed by atoms with Crippen molar-refractivity contribution in [2.75, 3.05) is 32.8 Å². The van der Waals surface area contributed by atoms with Gasteiger partial charge in [-0.05, 0) is 17.7 Å². The lowest BCUT2D eigenvalue weighted by Gasteiger charge is -2.31. The molecule has 1 atom stereocenters. The second-order valence-electron chi connectivity index (χ2n) is 6.01. The molecular formula is C19H20F2N2O2. The number of amides is 1. The maximum Gasteiger partial charge on any atom is 0.252 e. The van der Waals surface area contributed by atoms with Gasteiger partial charge in [0.2, 0.25) is 0 Å². The third-order valence-corrected chi connectivity index (χ3v) is 4.18. The van der Waals surface area contributed by atoms with Crippen LogP contribution in [0.4, 0.5) is 8.78 Å². The summed E-state index contributed by atoms with van der Waals surface area (Å²) in [5, 5.41) is 2.90. The van der Waals surface area contributed by atoms with Crippen molar-refractivity contribution < 1.29 is 18.3 Å². The number of hydrogen-bond acceptors (Lipinski definition) is 3. The van der Waals surface area contributed by atoms with Crippen molar-refractivity contribution in [3.63, 3.8) is 0 Å². The molecule has 1 N–H and O–H groups in total.